The molecular formula is C22H25N5O2. The summed E-state index contributed by atoms with van der Waals surface area (Å²) in [4.78, 5) is 22.8. The first kappa shape index (κ1) is 19.1. The molecule has 7 nitrogen and oxygen atoms in total. The average Bonchev–Trinajstić information content (AvgIpc) is 3.10. The van der Waals surface area contributed by atoms with E-state index >= 15 is 0 Å². The van der Waals surface area contributed by atoms with Crippen LogP contribution in [0.1, 0.15) is 18.4 Å². The molecule has 3 aromatic rings. The zero-order valence-electron chi connectivity index (χ0n) is 16.5. The van der Waals surface area contributed by atoms with Gasteiger partial charge in [-0.15, -0.1) is 0 Å². The number of fused-ring (bicyclic) bond motifs is 1. The van der Waals surface area contributed by atoms with E-state index in [1.165, 1.54) is 16.5 Å². The second kappa shape index (κ2) is 8.45. The molecule has 3 heterocycles. The van der Waals surface area contributed by atoms with Gasteiger partial charge in [0.2, 0.25) is 11.9 Å². The molecule has 1 fully saturated rings. The van der Waals surface area contributed by atoms with Gasteiger partial charge in [-0.3, -0.25) is 4.79 Å². The van der Waals surface area contributed by atoms with E-state index in [0.717, 1.165) is 37.5 Å². The highest BCUT2D eigenvalue weighted by Gasteiger charge is 2.20. The van der Waals surface area contributed by atoms with Crippen molar-refractivity contribution in [2.45, 2.75) is 25.4 Å². The van der Waals surface area contributed by atoms with Gasteiger partial charge in [0.15, 0.2) is 5.65 Å². The lowest BCUT2D eigenvalue weighted by Gasteiger charge is -2.24. The second-order valence-electron chi connectivity index (χ2n) is 7.18. The maximum atomic E-state index is 12.0. The Morgan fingerprint density at radius 2 is 2.10 bits per heavy atom. The summed E-state index contributed by atoms with van der Waals surface area (Å²) in [7, 11) is 1.71. The Balaban J connectivity index is 1.75. The lowest BCUT2D eigenvalue weighted by atomic mass is 10.1. The summed E-state index contributed by atoms with van der Waals surface area (Å²) in [5.74, 6) is 0.610. The quantitative estimate of drug-likeness (QED) is 0.653. The van der Waals surface area contributed by atoms with Gasteiger partial charge in [0.1, 0.15) is 0 Å². The molecule has 0 saturated carbocycles. The molecule has 0 spiro atoms. The summed E-state index contributed by atoms with van der Waals surface area (Å²) in [6.07, 6.45) is 4.86. The van der Waals surface area contributed by atoms with Crippen LogP contribution >= 0.6 is 0 Å². The van der Waals surface area contributed by atoms with Crippen LogP contribution in [0.25, 0.3) is 11.2 Å². The molecule has 0 atom stereocenters. The first-order valence-corrected chi connectivity index (χ1v) is 9.80. The minimum Gasteiger partial charge on any atom is -0.381 e. The summed E-state index contributed by atoms with van der Waals surface area (Å²) in [5, 5.41) is 3.58. The van der Waals surface area contributed by atoms with Crippen molar-refractivity contribution in [1.29, 1.82) is 0 Å². The summed E-state index contributed by atoms with van der Waals surface area (Å²) < 4.78 is 7.60. The highest BCUT2D eigenvalue weighted by Crippen LogP contribution is 2.25. The van der Waals surface area contributed by atoms with Crippen LogP contribution in [0.4, 0.5) is 11.6 Å². The SMILES string of the molecule is C=CC(=O)N(C)c1cnc2nc(NC3CCOCC3)n(Cc3ccccc3)c2c1. The zero-order chi connectivity index (χ0) is 20.2. The number of nitrogens with zero attached hydrogens (tertiary/aromatic N) is 4. The Hall–Kier alpha value is -3.19. The third-order valence-electron chi connectivity index (χ3n) is 5.22. The van der Waals surface area contributed by atoms with Crippen molar-refractivity contribution < 1.29 is 9.53 Å². The van der Waals surface area contributed by atoms with Crippen LogP contribution in [-0.2, 0) is 16.1 Å². The average molecular weight is 391 g/mol. The number of ether oxygens (including phenoxy) is 1. The van der Waals surface area contributed by atoms with Crippen molar-refractivity contribution >= 4 is 28.7 Å². The first-order chi connectivity index (χ1) is 14.2. The van der Waals surface area contributed by atoms with Crippen LogP contribution in [0.5, 0.6) is 0 Å². The fourth-order valence-electron chi connectivity index (χ4n) is 3.50. The number of amides is 1. The van der Waals surface area contributed by atoms with E-state index in [1.807, 2.05) is 24.3 Å². The molecule has 7 heteroatoms. The van der Waals surface area contributed by atoms with Gasteiger partial charge in [0, 0.05) is 26.3 Å². The number of hydrogen-bond acceptors (Lipinski definition) is 5. The van der Waals surface area contributed by atoms with Crippen molar-refractivity contribution in [3.63, 3.8) is 0 Å². The smallest absolute Gasteiger partial charge is 0.250 e. The van der Waals surface area contributed by atoms with Crippen LogP contribution in [0, 0.1) is 0 Å². The standard InChI is InChI=1S/C22H25N5O2/c1-3-20(28)26(2)18-13-19-21(23-14-18)25-22(24-17-9-11-29-12-10-17)27(19)15-16-7-5-4-6-8-16/h3-8,13-14,17H,1,9-12,15H2,2H3,(H,23,24,25). The van der Waals surface area contributed by atoms with Gasteiger partial charge in [-0.1, -0.05) is 36.9 Å². The molecular weight excluding hydrogens is 366 g/mol. The molecule has 1 aliphatic heterocycles. The Kier molecular flexibility index (Phi) is 5.57. The molecule has 0 aliphatic carbocycles. The van der Waals surface area contributed by atoms with E-state index in [4.69, 9.17) is 9.72 Å². The van der Waals surface area contributed by atoms with Gasteiger partial charge in [0.05, 0.1) is 23.9 Å². The van der Waals surface area contributed by atoms with Gasteiger partial charge in [-0.2, -0.15) is 4.98 Å². The molecule has 1 aliphatic rings. The second-order valence-corrected chi connectivity index (χ2v) is 7.18. The largest absolute Gasteiger partial charge is 0.381 e. The fraction of sp³-hybridized carbons (Fsp3) is 0.318. The van der Waals surface area contributed by atoms with Gasteiger partial charge >= 0.3 is 0 Å². The molecule has 0 bridgehead atoms. The number of hydrogen-bond donors (Lipinski definition) is 1. The zero-order valence-corrected chi connectivity index (χ0v) is 16.5. The summed E-state index contributed by atoms with van der Waals surface area (Å²) in [5.41, 5.74) is 3.40. The molecule has 1 amide bonds. The van der Waals surface area contributed by atoms with Crippen LogP contribution in [0.3, 0.4) is 0 Å². The number of carbonyl (C=O) groups excluding carboxylic acids is 1. The number of rotatable bonds is 6. The highest BCUT2D eigenvalue weighted by molar-refractivity contribution is 6.01. The molecule has 2 aromatic heterocycles. The van der Waals surface area contributed by atoms with E-state index < -0.39 is 0 Å². The van der Waals surface area contributed by atoms with E-state index in [0.29, 0.717) is 23.9 Å². The Labute approximate surface area is 170 Å². The Bertz CT molecular complexity index is 1010. The Morgan fingerprint density at radius 1 is 1.34 bits per heavy atom. The maximum absolute atomic E-state index is 12.0. The minimum atomic E-state index is -0.180. The summed E-state index contributed by atoms with van der Waals surface area (Å²) >= 11 is 0. The normalized spacial score (nSPS) is 14.7. The lowest BCUT2D eigenvalue weighted by molar-refractivity contribution is -0.113. The summed E-state index contributed by atoms with van der Waals surface area (Å²) in [6, 6.07) is 12.5. The molecule has 0 radical (unpaired) electrons. The molecule has 0 unspecified atom stereocenters. The van der Waals surface area contributed by atoms with Gasteiger partial charge < -0.3 is 19.5 Å². The number of likely N-dealkylation sites (N-methyl/N-ethyl adjacent to an activating group) is 1. The fourth-order valence-corrected chi connectivity index (χ4v) is 3.50. The summed E-state index contributed by atoms with van der Waals surface area (Å²) in [6.45, 7) is 5.74. The van der Waals surface area contributed by atoms with Crippen LogP contribution in [-0.4, -0.2) is 46.7 Å². The molecule has 4 rings (SSSR count). The number of benzene rings is 1. The van der Waals surface area contributed by atoms with Gasteiger partial charge in [0.25, 0.3) is 0 Å². The van der Waals surface area contributed by atoms with E-state index in [9.17, 15) is 4.79 Å². The third kappa shape index (κ3) is 4.14. The molecule has 1 saturated heterocycles. The number of aromatic nitrogens is 3. The topological polar surface area (TPSA) is 72.3 Å². The lowest BCUT2D eigenvalue weighted by Crippen LogP contribution is -2.29. The number of imidazole rings is 1. The van der Waals surface area contributed by atoms with Crippen molar-refractivity contribution in [2.24, 2.45) is 0 Å². The first-order valence-electron chi connectivity index (χ1n) is 9.80. The molecule has 29 heavy (non-hydrogen) atoms. The van der Waals surface area contributed by atoms with Crippen molar-refractivity contribution in [2.75, 3.05) is 30.5 Å². The van der Waals surface area contributed by atoms with Gasteiger partial charge in [-0.25, -0.2) is 4.98 Å². The van der Waals surface area contributed by atoms with Crippen LogP contribution < -0.4 is 10.2 Å². The predicted molar refractivity (Wildman–Crippen MR) is 114 cm³/mol. The monoisotopic (exact) mass is 391 g/mol. The van der Waals surface area contributed by atoms with E-state index in [2.05, 4.69) is 33.6 Å². The highest BCUT2D eigenvalue weighted by atomic mass is 16.5. The Morgan fingerprint density at radius 3 is 2.83 bits per heavy atom. The number of anilines is 2. The van der Waals surface area contributed by atoms with Crippen LogP contribution in [0.2, 0.25) is 0 Å². The molecule has 150 valence electrons. The number of pyridine rings is 1. The van der Waals surface area contributed by atoms with Crippen molar-refractivity contribution in [3.05, 3.63) is 60.8 Å². The maximum Gasteiger partial charge on any atom is 0.250 e. The van der Waals surface area contributed by atoms with E-state index in [-0.39, 0.29) is 5.91 Å². The number of carbonyl (C=O) groups is 1. The van der Waals surface area contributed by atoms with Gasteiger partial charge in [-0.05, 0) is 30.5 Å². The molecule has 1 N–H and O–H groups in total. The van der Waals surface area contributed by atoms with Crippen molar-refractivity contribution in [1.82, 2.24) is 14.5 Å². The van der Waals surface area contributed by atoms with Crippen LogP contribution in [0.15, 0.2) is 55.3 Å². The predicted octanol–water partition coefficient (Wildman–Crippen LogP) is 3.22. The third-order valence-corrected chi connectivity index (χ3v) is 5.22. The van der Waals surface area contributed by atoms with E-state index in [1.54, 1.807) is 13.2 Å². The molecule has 1 aromatic carbocycles. The minimum absolute atomic E-state index is 0.180. The number of nitrogens with one attached hydrogen (secondary N) is 1. The van der Waals surface area contributed by atoms with Crippen molar-refractivity contribution in [3.8, 4) is 0 Å².